The maximum Gasteiger partial charge on any atom is 0.213 e. The van der Waals surface area contributed by atoms with Gasteiger partial charge in [-0.25, -0.2) is 12.7 Å². The average Bonchev–Trinajstić information content (AvgIpc) is 2.10. The van der Waals surface area contributed by atoms with Gasteiger partial charge in [0.05, 0.1) is 5.75 Å². The van der Waals surface area contributed by atoms with Crippen molar-refractivity contribution in [2.45, 2.75) is 46.6 Å². The normalized spacial score (nSPS) is 15.4. The van der Waals surface area contributed by atoms with E-state index in [-0.39, 0.29) is 17.2 Å². The van der Waals surface area contributed by atoms with E-state index in [0.29, 0.717) is 19.4 Å². The minimum absolute atomic E-state index is 0.0419. The molecule has 1 unspecified atom stereocenters. The monoisotopic (exact) mass is 250 g/mol. The van der Waals surface area contributed by atoms with E-state index < -0.39 is 10.0 Å². The number of nitrogens with two attached hydrogens (primary N) is 1. The molecular weight excluding hydrogens is 224 g/mol. The van der Waals surface area contributed by atoms with Gasteiger partial charge in [0.25, 0.3) is 0 Å². The summed E-state index contributed by atoms with van der Waals surface area (Å²) >= 11 is 0. The molecule has 16 heavy (non-hydrogen) atoms. The Morgan fingerprint density at radius 1 is 1.31 bits per heavy atom. The van der Waals surface area contributed by atoms with Gasteiger partial charge >= 0.3 is 0 Å². The number of nitrogens with zero attached hydrogens (tertiary/aromatic N) is 1. The zero-order chi connectivity index (χ0) is 13.0. The van der Waals surface area contributed by atoms with Crippen molar-refractivity contribution >= 4 is 10.0 Å². The molecule has 0 bridgehead atoms. The smallest absolute Gasteiger partial charge is 0.213 e. The van der Waals surface area contributed by atoms with Crippen LogP contribution < -0.4 is 5.73 Å². The second-order valence-electron chi connectivity index (χ2n) is 5.71. The van der Waals surface area contributed by atoms with Gasteiger partial charge < -0.3 is 5.73 Å². The van der Waals surface area contributed by atoms with E-state index in [1.165, 1.54) is 4.31 Å². The Morgan fingerprint density at radius 2 is 1.81 bits per heavy atom. The predicted molar refractivity (Wildman–Crippen MR) is 68.8 cm³/mol. The van der Waals surface area contributed by atoms with Gasteiger partial charge in [-0.15, -0.1) is 0 Å². The third-order valence-electron chi connectivity index (χ3n) is 2.48. The molecule has 0 fully saturated rings. The number of rotatable bonds is 6. The molecule has 98 valence electrons. The second kappa shape index (κ2) is 5.98. The third kappa shape index (κ3) is 7.19. The third-order valence-corrected chi connectivity index (χ3v) is 4.34. The Balaban J connectivity index is 4.22. The molecule has 0 aromatic carbocycles. The van der Waals surface area contributed by atoms with E-state index in [2.05, 4.69) is 0 Å². The molecule has 0 aliphatic carbocycles. The molecule has 4 nitrogen and oxygen atoms in total. The lowest BCUT2D eigenvalue weighted by atomic mass is 9.94. The van der Waals surface area contributed by atoms with Crippen LogP contribution in [-0.2, 0) is 10.0 Å². The summed E-state index contributed by atoms with van der Waals surface area (Å²) in [6.07, 6.45) is 1.38. The highest BCUT2D eigenvalue weighted by Crippen LogP contribution is 2.20. The molecule has 0 aliphatic heterocycles. The molecule has 0 amide bonds. The first kappa shape index (κ1) is 15.9. The molecule has 0 spiro atoms. The van der Waals surface area contributed by atoms with E-state index in [0.717, 1.165) is 0 Å². The average molecular weight is 250 g/mol. The van der Waals surface area contributed by atoms with Crippen molar-refractivity contribution in [3.63, 3.8) is 0 Å². The summed E-state index contributed by atoms with van der Waals surface area (Å²) in [5.74, 6) is 0.214. The highest BCUT2D eigenvalue weighted by atomic mass is 32.2. The van der Waals surface area contributed by atoms with Crippen LogP contribution in [0.3, 0.4) is 0 Å². The Labute approximate surface area is 100 Å². The molecular formula is C11H26N2O2S. The summed E-state index contributed by atoms with van der Waals surface area (Å²) in [6, 6.07) is 0.0419. The fourth-order valence-corrected chi connectivity index (χ4v) is 2.68. The van der Waals surface area contributed by atoms with E-state index in [1.807, 2.05) is 27.7 Å². The van der Waals surface area contributed by atoms with Crippen LogP contribution >= 0.6 is 0 Å². The molecule has 0 rings (SSSR count). The molecule has 0 heterocycles. The molecule has 1 atom stereocenters. The van der Waals surface area contributed by atoms with Crippen LogP contribution in [0.2, 0.25) is 0 Å². The van der Waals surface area contributed by atoms with Gasteiger partial charge in [-0.05, 0) is 25.2 Å². The molecule has 0 saturated carbocycles. The topological polar surface area (TPSA) is 63.4 Å². The SMILES string of the molecule is CC(N)CCN(C)S(=O)(=O)CCC(C)(C)C. The summed E-state index contributed by atoms with van der Waals surface area (Å²) in [5, 5.41) is 0. The molecule has 0 aromatic heterocycles. The molecule has 0 aromatic rings. The minimum atomic E-state index is -3.11. The van der Waals surface area contributed by atoms with Crippen molar-refractivity contribution < 1.29 is 8.42 Å². The lowest BCUT2D eigenvalue weighted by Gasteiger charge is -2.22. The van der Waals surface area contributed by atoms with Crippen molar-refractivity contribution in [1.29, 1.82) is 0 Å². The summed E-state index contributed by atoms with van der Waals surface area (Å²) in [6.45, 7) is 8.53. The first-order chi connectivity index (χ1) is 7.04. The minimum Gasteiger partial charge on any atom is -0.328 e. The maximum atomic E-state index is 11.9. The Hall–Kier alpha value is -0.130. The van der Waals surface area contributed by atoms with Gasteiger partial charge in [0.15, 0.2) is 0 Å². The highest BCUT2D eigenvalue weighted by Gasteiger charge is 2.21. The van der Waals surface area contributed by atoms with Gasteiger partial charge in [0.1, 0.15) is 0 Å². The van der Waals surface area contributed by atoms with E-state index in [9.17, 15) is 8.42 Å². The van der Waals surface area contributed by atoms with Crippen LogP contribution in [0.1, 0.15) is 40.5 Å². The van der Waals surface area contributed by atoms with Crippen molar-refractivity contribution in [2.75, 3.05) is 19.3 Å². The van der Waals surface area contributed by atoms with Crippen LogP contribution in [0.4, 0.5) is 0 Å². The lowest BCUT2D eigenvalue weighted by molar-refractivity contribution is 0.387. The van der Waals surface area contributed by atoms with E-state index in [4.69, 9.17) is 5.73 Å². The number of hydrogen-bond acceptors (Lipinski definition) is 3. The Morgan fingerprint density at radius 3 is 2.19 bits per heavy atom. The van der Waals surface area contributed by atoms with Crippen molar-refractivity contribution in [2.24, 2.45) is 11.1 Å². The van der Waals surface area contributed by atoms with Crippen molar-refractivity contribution in [3.8, 4) is 0 Å². The van der Waals surface area contributed by atoms with Gasteiger partial charge in [-0.3, -0.25) is 0 Å². The fraction of sp³-hybridized carbons (Fsp3) is 1.00. The predicted octanol–water partition coefficient (Wildman–Crippen LogP) is 1.42. The number of hydrogen-bond donors (Lipinski definition) is 1. The highest BCUT2D eigenvalue weighted by molar-refractivity contribution is 7.89. The molecule has 0 aliphatic rings. The van der Waals surface area contributed by atoms with Gasteiger partial charge in [-0.2, -0.15) is 0 Å². The first-order valence-electron chi connectivity index (χ1n) is 5.74. The lowest BCUT2D eigenvalue weighted by Crippen LogP contribution is -2.33. The summed E-state index contributed by atoms with van der Waals surface area (Å²) < 4.78 is 25.2. The van der Waals surface area contributed by atoms with Crippen molar-refractivity contribution in [3.05, 3.63) is 0 Å². The van der Waals surface area contributed by atoms with Crippen LogP contribution in [0.15, 0.2) is 0 Å². The molecule has 2 N–H and O–H groups in total. The molecule has 0 saturated heterocycles. The van der Waals surface area contributed by atoms with Crippen LogP contribution in [0, 0.1) is 5.41 Å². The first-order valence-corrected chi connectivity index (χ1v) is 7.35. The van der Waals surface area contributed by atoms with Crippen LogP contribution in [0.25, 0.3) is 0 Å². The summed E-state index contributed by atoms with van der Waals surface area (Å²) in [4.78, 5) is 0. The van der Waals surface area contributed by atoms with E-state index >= 15 is 0 Å². The molecule has 0 radical (unpaired) electrons. The van der Waals surface area contributed by atoms with E-state index in [1.54, 1.807) is 7.05 Å². The molecule has 5 heteroatoms. The van der Waals surface area contributed by atoms with Gasteiger partial charge in [0.2, 0.25) is 10.0 Å². The quantitative estimate of drug-likeness (QED) is 0.775. The van der Waals surface area contributed by atoms with Gasteiger partial charge in [0, 0.05) is 19.6 Å². The van der Waals surface area contributed by atoms with Crippen LogP contribution in [-0.4, -0.2) is 38.1 Å². The second-order valence-corrected chi connectivity index (χ2v) is 7.91. The van der Waals surface area contributed by atoms with Crippen molar-refractivity contribution in [1.82, 2.24) is 4.31 Å². The van der Waals surface area contributed by atoms with Crippen LogP contribution in [0.5, 0.6) is 0 Å². The van der Waals surface area contributed by atoms with Gasteiger partial charge in [-0.1, -0.05) is 20.8 Å². The zero-order valence-electron chi connectivity index (χ0n) is 11.2. The summed E-state index contributed by atoms with van der Waals surface area (Å²) in [5.41, 5.74) is 5.66. The maximum absolute atomic E-state index is 11.9. The Bertz CT molecular complexity index is 292. The fourth-order valence-electron chi connectivity index (χ4n) is 1.12. The summed E-state index contributed by atoms with van der Waals surface area (Å²) in [7, 11) is -1.49. The number of sulfonamides is 1. The largest absolute Gasteiger partial charge is 0.328 e. The zero-order valence-corrected chi connectivity index (χ0v) is 12.0. The Kier molecular flexibility index (Phi) is 5.93. The standard InChI is InChI=1S/C11H26N2O2S/c1-10(12)6-8-13(5)16(14,15)9-7-11(2,3)4/h10H,6-9,12H2,1-5H3.